The lowest BCUT2D eigenvalue weighted by Crippen LogP contribution is -2.37. The number of amides is 1. The van der Waals surface area contributed by atoms with E-state index in [1.54, 1.807) is 36.4 Å². The van der Waals surface area contributed by atoms with Crippen LogP contribution in [0.15, 0.2) is 84.9 Å². The van der Waals surface area contributed by atoms with Crippen LogP contribution in [0.5, 0.6) is 5.75 Å². The quantitative estimate of drug-likeness (QED) is 0.424. The van der Waals surface area contributed by atoms with E-state index in [0.29, 0.717) is 17.9 Å². The number of ether oxygens (including phenoxy) is 1. The Balaban J connectivity index is 0.00000225. The van der Waals surface area contributed by atoms with Crippen LogP contribution in [0.1, 0.15) is 15.9 Å². The largest absolute Gasteiger partial charge is 0.489 e. The van der Waals surface area contributed by atoms with Crippen molar-refractivity contribution in [3.05, 3.63) is 96.1 Å². The second kappa shape index (κ2) is 8.87. The van der Waals surface area contributed by atoms with Gasteiger partial charge in [0.25, 0.3) is 5.91 Å². The second-order valence-electron chi connectivity index (χ2n) is 5.31. The van der Waals surface area contributed by atoms with E-state index in [4.69, 9.17) is 10.6 Å². The van der Waals surface area contributed by atoms with Crippen molar-refractivity contribution >= 4 is 24.0 Å². The highest BCUT2D eigenvalue weighted by Crippen LogP contribution is 2.20. The lowest BCUT2D eigenvalue weighted by molar-refractivity contribution is 0.0987. The van der Waals surface area contributed by atoms with E-state index in [-0.39, 0.29) is 18.3 Å². The molecule has 0 saturated heterocycles. The molecule has 3 aromatic carbocycles. The van der Waals surface area contributed by atoms with Gasteiger partial charge in [0, 0.05) is 5.56 Å². The highest BCUT2D eigenvalue weighted by Gasteiger charge is 2.13. The Bertz CT molecular complexity index is 793. The maximum absolute atomic E-state index is 12.3. The van der Waals surface area contributed by atoms with Crippen LogP contribution in [0.2, 0.25) is 0 Å². The summed E-state index contributed by atoms with van der Waals surface area (Å²) in [4.78, 5) is 12.3. The lowest BCUT2D eigenvalue weighted by Gasteiger charge is -2.17. The van der Waals surface area contributed by atoms with Crippen molar-refractivity contribution < 1.29 is 9.53 Å². The zero-order chi connectivity index (χ0) is 16.8. The molecule has 0 atom stereocenters. The van der Waals surface area contributed by atoms with Crippen molar-refractivity contribution in [3.8, 4) is 5.75 Å². The SMILES string of the molecule is Cl.NN(C(=O)c1ccccc1)c1ccc(OCc2ccccc2)cc1. The molecule has 0 aliphatic carbocycles. The number of benzene rings is 3. The fourth-order valence-electron chi connectivity index (χ4n) is 2.28. The minimum atomic E-state index is -0.256. The molecule has 0 radical (unpaired) electrons. The van der Waals surface area contributed by atoms with Crippen molar-refractivity contribution in [2.24, 2.45) is 5.84 Å². The van der Waals surface area contributed by atoms with E-state index in [2.05, 4.69) is 0 Å². The second-order valence-corrected chi connectivity index (χ2v) is 5.31. The molecule has 3 rings (SSSR count). The van der Waals surface area contributed by atoms with Crippen molar-refractivity contribution in [1.82, 2.24) is 0 Å². The van der Waals surface area contributed by atoms with Gasteiger partial charge in [0.05, 0.1) is 5.69 Å². The fourth-order valence-corrected chi connectivity index (χ4v) is 2.28. The zero-order valence-electron chi connectivity index (χ0n) is 13.5. The molecule has 0 saturated carbocycles. The summed E-state index contributed by atoms with van der Waals surface area (Å²) in [6.45, 7) is 0.496. The normalized spacial score (nSPS) is 9.80. The van der Waals surface area contributed by atoms with Crippen LogP contribution in [-0.2, 0) is 6.61 Å². The highest BCUT2D eigenvalue weighted by atomic mass is 35.5. The molecular weight excluding hydrogens is 336 g/mol. The number of nitrogens with two attached hydrogens (primary N) is 1. The smallest absolute Gasteiger partial charge is 0.272 e. The van der Waals surface area contributed by atoms with Gasteiger partial charge in [-0.15, -0.1) is 12.4 Å². The Kier molecular flexibility index (Phi) is 6.57. The molecule has 0 fully saturated rings. The first-order valence-corrected chi connectivity index (χ1v) is 7.65. The number of hydrazine groups is 1. The summed E-state index contributed by atoms with van der Waals surface area (Å²) in [5.74, 6) is 6.40. The number of carbonyl (C=O) groups excluding carboxylic acids is 1. The van der Waals surface area contributed by atoms with E-state index in [1.165, 1.54) is 0 Å². The Labute approximate surface area is 153 Å². The first-order valence-electron chi connectivity index (χ1n) is 7.65. The molecule has 128 valence electrons. The fraction of sp³-hybridized carbons (Fsp3) is 0.0500. The predicted molar refractivity (Wildman–Crippen MR) is 102 cm³/mol. The molecule has 5 heteroatoms. The van der Waals surface area contributed by atoms with Crippen LogP contribution in [0.4, 0.5) is 5.69 Å². The number of hydrogen-bond acceptors (Lipinski definition) is 3. The minimum Gasteiger partial charge on any atom is -0.489 e. The van der Waals surface area contributed by atoms with Gasteiger partial charge in [-0.25, -0.2) is 10.9 Å². The summed E-state index contributed by atoms with van der Waals surface area (Å²) in [6.07, 6.45) is 0. The molecule has 0 aromatic heterocycles. The number of carbonyl (C=O) groups is 1. The maximum Gasteiger partial charge on any atom is 0.272 e. The van der Waals surface area contributed by atoms with Gasteiger partial charge in [0.15, 0.2) is 0 Å². The number of hydrogen-bond donors (Lipinski definition) is 1. The standard InChI is InChI=1S/C20H18N2O2.ClH/c21-22(20(23)17-9-5-2-6-10-17)18-11-13-19(14-12-18)24-15-16-7-3-1-4-8-16;/h1-14H,15,21H2;1H. The van der Waals surface area contributed by atoms with E-state index in [1.807, 2.05) is 48.5 Å². The van der Waals surface area contributed by atoms with Crippen LogP contribution in [0, 0.1) is 0 Å². The van der Waals surface area contributed by atoms with Gasteiger partial charge in [-0.1, -0.05) is 48.5 Å². The van der Waals surface area contributed by atoms with E-state index in [9.17, 15) is 4.79 Å². The van der Waals surface area contributed by atoms with Gasteiger partial charge in [-0.2, -0.15) is 0 Å². The number of nitrogens with zero attached hydrogens (tertiary/aromatic N) is 1. The first kappa shape index (κ1) is 18.5. The average molecular weight is 355 g/mol. The van der Waals surface area contributed by atoms with Crippen LogP contribution in [0.3, 0.4) is 0 Å². The molecule has 1 amide bonds. The molecule has 4 nitrogen and oxygen atoms in total. The van der Waals surface area contributed by atoms with Crippen LogP contribution in [-0.4, -0.2) is 5.91 Å². The third-order valence-electron chi connectivity index (χ3n) is 3.60. The van der Waals surface area contributed by atoms with Crippen molar-refractivity contribution in [3.63, 3.8) is 0 Å². The summed E-state index contributed by atoms with van der Waals surface area (Å²) >= 11 is 0. The van der Waals surface area contributed by atoms with E-state index >= 15 is 0 Å². The Hall–Kier alpha value is -2.82. The van der Waals surface area contributed by atoms with Gasteiger partial charge in [0.2, 0.25) is 0 Å². The van der Waals surface area contributed by atoms with E-state index < -0.39 is 0 Å². The Morgan fingerprint density at radius 2 is 1.40 bits per heavy atom. The lowest BCUT2D eigenvalue weighted by atomic mass is 10.2. The number of halogens is 1. The third-order valence-corrected chi connectivity index (χ3v) is 3.60. The molecule has 0 unspecified atom stereocenters. The summed E-state index contributed by atoms with van der Waals surface area (Å²) in [7, 11) is 0. The molecule has 25 heavy (non-hydrogen) atoms. The van der Waals surface area contributed by atoms with Gasteiger partial charge in [0.1, 0.15) is 12.4 Å². The van der Waals surface area contributed by atoms with E-state index in [0.717, 1.165) is 16.3 Å². The van der Waals surface area contributed by atoms with Gasteiger partial charge in [-0.05, 0) is 42.0 Å². The van der Waals surface area contributed by atoms with Crippen molar-refractivity contribution in [2.75, 3.05) is 5.01 Å². The topological polar surface area (TPSA) is 55.6 Å². The molecule has 2 N–H and O–H groups in total. The molecular formula is C20H19ClN2O2. The van der Waals surface area contributed by atoms with Gasteiger partial charge >= 0.3 is 0 Å². The summed E-state index contributed by atoms with van der Waals surface area (Å²) in [6, 6.07) is 26.0. The molecule has 0 aliphatic rings. The van der Waals surface area contributed by atoms with Crippen LogP contribution < -0.4 is 15.6 Å². The van der Waals surface area contributed by atoms with Crippen LogP contribution >= 0.6 is 12.4 Å². The predicted octanol–water partition coefficient (Wildman–Crippen LogP) is 4.21. The number of anilines is 1. The maximum atomic E-state index is 12.3. The van der Waals surface area contributed by atoms with Gasteiger partial charge < -0.3 is 4.74 Å². The average Bonchev–Trinajstić information content (AvgIpc) is 2.67. The number of rotatable bonds is 5. The Morgan fingerprint density at radius 3 is 2.00 bits per heavy atom. The summed E-state index contributed by atoms with van der Waals surface area (Å²) in [5.41, 5.74) is 2.25. The van der Waals surface area contributed by atoms with Crippen molar-refractivity contribution in [1.29, 1.82) is 0 Å². The van der Waals surface area contributed by atoms with Crippen molar-refractivity contribution in [2.45, 2.75) is 6.61 Å². The molecule has 3 aromatic rings. The Morgan fingerprint density at radius 1 is 0.840 bits per heavy atom. The third kappa shape index (κ3) is 4.83. The van der Waals surface area contributed by atoms with Gasteiger partial charge in [-0.3, -0.25) is 4.79 Å². The molecule has 0 heterocycles. The molecule has 0 bridgehead atoms. The monoisotopic (exact) mass is 354 g/mol. The highest BCUT2D eigenvalue weighted by molar-refractivity contribution is 6.05. The first-order chi connectivity index (χ1) is 11.7. The zero-order valence-corrected chi connectivity index (χ0v) is 14.4. The summed E-state index contributed by atoms with van der Waals surface area (Å²) in [5, 5.41) is 1.14. The minimum absolute atomic E-state index is 0. The summed E-state index contributed by atoms with van der Waals surface area (Å²) < 4.78 is 5.73. The van der Waals surface area contributed by atoms with Crippen LogP contribution in [0.25, 0.3) is 0 Å². The molecule has 0 spiro atoms. The molecule has 0 aliphatic heterocycles.